The molecule has 0 spiro atoms. The van der Waals surface area contributed by atoms with E-state index in [0.717, 1.165) is 24.5 Å². The predicted molar refractivity (Wildman–Crippen MR) is 95.5 cm³/mol. The molecule has 134 valence electrons. The number of carbonyl (C=O) groups excluding carboxylic acids is 1. The zero-order valence-corrected chi connectivity index (χ0v) is 15.2. The molecule has 2 aromatic rings. The second-order valence-electron chi connectivity index (χ2n) is 6.75. The summed E-state index contributed by atoms with van der Waals surface area (Å²) in [5.74, 6) is 0.833. The molecule has 0 N–H and O–H groups in total. The van der Waals surface area contributed by atoms with Crippen molar-refractivity contribution in [2.24, 2.45) is 7.05 Å². The third-order valence-electron chi connectivity index (χ3n) is 4.26. The second kappa shape index (κ2) is 7.23. The normalized spacial score (nSPS) is 20.6. The van der Waals surface area contributed by atoms with Crippen LogP contribution in [0.2, 0.25) is 0 Å². The zero-order chi connectivity index (χ0) is 18.0. The number of pyridine rings is 1. The summed E-state index contributed by atoms with van der Waals surface area (Å²) >= 11 is 0. The summed E-state index contributed by atoms with van der Waals surface area (Å²) in [7, 11) is 3.65. The number of morpholine rings is 1. The molecule has 3 heterocycles. The maximum Gasteiger partial charge on any atom is 0.255 e. The van der Waals surface area contributed by atoms with Gasteiger partial charge in [0.25, 0.3) is 5.91 Å². The standard InChI is InChI=1S/C18H25N5O2/c1-13-9-23(10-14(2)25-13)17-6-5-16(8-19-17)18(24)21(3)11-15-7-20-22(4)12-15/h5-8,12-14H,9-11H2,1-4H3. The summed E-state index contributed by atoms with van der Waals surface area (Å²) in [5, 5.41) is 4.13. The lowest BCUT2D eigenvalue weighted by atomic mass is 10.2. The molecular formula is C18H25N5O2. The van der Waals surface area contributed by atoms with Gasteiger partial charge < -0.3 is 14.5 Å². The van der Waals surface area contributed by atoms with E-state index in [1.54, 1.807) is 29.0 Å². The van der Waals surface area contributed by atoms with Crippen LogP contribution in [0.25, 0.3) is 0 Å². The van der Waals surface area contributed by atoms with Crippen molar-refractivity contribution >= 4 is 11.7 Å². The highest BCUT2D eigenvalue weighted by molar-refractivity contribution is 5.93. The van der Waals surface area contributed by atoms with E-state index in [9.17, 15) is 4.79 Å². The Morgan fingerprint density at radius 1 is 1.28 bits per heavy atom. The van der Waals surface area contributed by atoms with Crippen LogP contribution >= 0.6 is 0 Å². The first-order chi connectivity index (χ1) is 11.9. The van der Waals surface area contributed by atoms with E-state index in [2.05, 4.69) is 28.8 Å². The smallest absolute Gasteiger partial charge is 0.255 e. The SMILES string of the molecule is CC1CN(c2ccc(C(=O)N(C)Cc3cnn(C)c3)cn2)CC(C)O1. The monoisotopic (exact) mass is 343 g/mol. The highest BCUT2D eigenvalue weighted by atomic mass is 16.5. The molecule has 2 aromatic heterocycles. The highest BCUT2D eigenvalue weighted by Crippen LogP contribution is 2.19. The number of anilines is 1. The highest BCUT2D eigenvalue weighted by Gasteiger charge is 2.23. The van der Waals surface area contributed by atoms with Gasteiger partial charge in [0.05, 0.1) is 24.0 Å². The molecule has 7 heteroatoms. The van der Waals surface area contributed by atoms with E-state index < -0.39 is 0 Å². The number of aryl methyl sites for hydroxylation is 1. The van der Waals surface area contributed by atoms with Crippen molar-refractivity contribution in [3.63, 3.8) is 0 Å². The molecule has 0 saturated carbocycles. The molecule has 25 heavy (non-hydrogen) atoms. The molecule has 2 unspecified atom stereocenters. The van der Waals surface area contributed by atoms with Crippen LogP contribution in [-0.2, 0) is 18.3 Å². The largest absolute Gasteiger partial charge is 0.372 e. The first kappa shape index (κ1) is 17.4. The van der Waals surface area contributed by atoms with Crippen molar-refractivity contribution in [2.45, 2.75) is 32.6 Å². The maximum atomic E-state index is 12.6. The average Bonchev–Trinajstić information content (AvgIpc) is 2.98. The molecule has 0 bridgehead atoms. The molecule has 1 amide bonds. The molecule has 0 aliphatic carbocycles. The first-order valence-corrected chi connectivity index (χ1v) is 8.52. The van der Waals surface area contributed by atoms with E-state index in [-0.39, 0.29) is 18.1 Å². The van der Waals surface area contributed by atoms with Crippen LogP contribution in [0, 0.1) is 0 Å². The number of aromatic nitrogens is 3. The van der Waals surface area contributed by atoms with Crippen molar-refractivity contribution in [2.75, 3.05) is 25.0 Å². The van der Waals surface area contributed by atoms with Gasteiger partial charge in [0.15, 0.2) is 0 Å². The van der Waals surface area contributed by atoms with Crippen LogP contribution in [0.3, 0.4) is 0 Å². The molecule has 1 saturated heterocycles. The summed E-state index contributed by atoms with van der Waals surface area (Å²) in [6, 6.07) is 3.76. The van der Waals surface area contributed by atoms with Gasteiger partial charge in [-0.05, 0) is 26.0 Å². The van der Waals surface area contributed by atoms with Crippen molar-refractivity contribution in [3.05, 3.63) is 41.9 Å². The third-order valence-corrected chi connectivity index (χ3v) is 4.26. The minimum Gasteiger partial charge on any atom is -0.372 e. The predicted octanol–water partition coefficient (Wildman–Crippen LogP) is 1.70. The summed E-state index contributed by atoms with van der Waals surface area (Å²) in [6.45, 7) is 6.27. The van der Waals surface area contributed by atoms with E-state index >= 15 is 0 Å². The summed E-state index contributed by atoms with van der Waals surface area (Å²) < 4.78 is 7.48. The van der Waals surface area contributed by atoms with Crippen molar-refractivity contribution in [3.8, 4) is 0 Å². The van der Waals surface area contributed by atoms with Gasteiger partial charge in [-0.1, -0.05) is 0 Å². The van der Waals surface area contributed by atoms with Crippen molar-refractivity contribution in [1.29, 1.82) is 0 Å². The van der Waals surface area contributed by atoms with Crippen LogP contribution in [0.1, 0.15) is 29.8 Å². The van der Waals surface area contributed by atoms with Gasteiger partial charge in [0, 0.05) is 51.7 Å². The molecule has 1 aliphatic rings. The van der Waals surface area contributed by atoms with Crippen LogP contribution in [-0.4, -0.2) is 57.9 Å². The van der Waals surface area contributed by atoms with Gasteiger partial charge in [-0.25, -0.2) is 4.98 Å². The quantitative estimate of drug-likeness (QED) is 0.845. The minimum absolute atomic E-state index is 0.0494. The number of rotatable bonds is 4. The van der Waals surface area contributed by atoms with Gasteiger partial charge >= 0.3 is 0 Å². The van der Waals surface area contributed by atoms with E-state index in [1.807, 2.05) is 25.4 Å². The van der Waals surface area contributed by atoms with E-state index in [0.29, 0.717) is 12.1 Å². The Kier molecular flexibility index (Phi) is 5.03. The van der Waals surface area contributed by atoms with Gasteiger partial charge in [0.1, 0.15) is 5.82 Å². The summed E-state index contributed by atoms with van der Waals surface area (Å²) in [4.78, 5) is 20.9. The fourth-order valence-corrected chi connectivity index (χ4v) is 3.18. The Labute approximate surface area is 148 Å². The Morgan fingerprint density at radius 3 is 2.56 bits per heavy atom. The molecular weight excluding hydrogens is 318 g/mol. The minimum atomic E-state index is -0.0494. The second-order valence-corrected chi connectivity index (χ2v) is 6.75. The maximum absolute atomic E-state index is 12.6. The Bertz CT molecular complexity index is 717. The zero-order valence-electron chi connectivity index (χ0n) is 15.2. The molecule has 7 nitrogen and oxygen atoms in total. The molecule has 0 radical (unpaired) electrons. The first-order valence-electron chi connectivity index (χ1n) is 8.52. The molecule has 1 fully saturated rings. The molecule has 2 atom stereocenters. The van der Waals surface area contributed by atoms with Crippen LogP contribution in [0.5, 0.6) is 0 Å². The molecule has 3 rings (SSSR count). The van der Waals surface area contributed by atoms with E-state index in [1.165, 1.54) is 0 Å². The van der Waals surface area contributed by atoms with Gasteiger partial charge in [0.2, 0.25) is 0 Å². The summed E-state index contributed by atoms with van der Waals surface area (Å²) in [5.41, 5.74) is 1.59. The van der Waals surface area contributed by atoms with Crippen LogP contribution in [0.4, 0.5) is 5.82 Å². The Balaban J connectivity index is 1.65. The lowest BCUT2D eigenvalue weighted by molar-refractivity contribution is -0.00546. The fourth-order valence-electron chi connectivity index (χ4n) is 3.18. The number of carbonyl (C=O) groups is 1. The molecule has 1 aliphatic heterocycles. The topological polar surface area (TPSA) is 63.5 Å². The van der Waals surface area contributed by atoms with Gasteiger partial charge in [-0.15, -0.1) is 0 Å². The summed E-state index contributed by atoms with van der Waals surface area (Å²) in [6.07, 6.45) is 5.69. The Morgan fingerprint density at radius 2 is 2.00 bits per heavy atom. The van der Waals surface area contributed by atoms with Crippen molar-refractivity contribution in [1.82, 2.24) is 19.7 Å². The number of nitrogens with zero attached hydrogens (tertiary/aromatic N) is 5. The van der Waals surface area contributed by atoms with Gasteiger partial charge in [-0.2, -0.15) is 5.10 Å². The van der Waals surface area contributed by atoms with Crippen LogP contribution in [0.15, 0.2) is 30.7 Å². The lowest BCUT2D eigenvalue weighted by Crippen LogP contribution is -2.45. The average molecular weight is 343 g/mol. The number of hydrogen-bond acceptors (Lipinski definition) is 5. The lowest BCUT2D eigenvalue weighted by Gasteiger charge is -2.36. The van der Waals surface area contributed by atoms with Gasteiger partial charge in [-0.3, -0.25) is 9.48 Å². The third kappa shape index (κ3) is 4.17. The Hall–Kier alpha value is -2.41. The number of hydrogen-bond donors (Lipinski definition) is 0. The van der Waals surface area contributed by atoms with Crippen LogP contribution < -0.4 is 4.90 Å². The molecule has 0 aromatic carbocycles. The van der Waals surface area contributed by atoms with E-state index in [4.69, 9.17) is 4.74 Å². The van der Waals surface area contributed by atoms with Crippen molar-refractivity contribution < 1.29 is 9.53 Å². The number of amides is 1. The fraction of sp³-hybridized carbons (Fsp3) is 0.500. The number of ether oxygens (including phenoxy) is 1.